The van der Waals surface area contributed by atoms with Crippen LogP contribution in [0.25, 0.3) is 11.3 Å². The van der Waals surface area contributed by atoms with Crippen molar-refractivity contribution in [3.8, 4) is 11.3 Å². The van der Waals surface area contributed by atoms with Crippen LogP contribution in [-0.4, -0.2) is 31.8 Å². The van der Waals surface area contributed by atoms with E-state index in [4.69, 9.17) is 11.6 Å². The van der Waals surface area contributed by atoms with Gasteiger partial charge >= 0.3 is 6.18 Å². The molecule has 0 aliphatic carbocycles. The van der Waals surface area contributed by atoms with Gasteiger partial charge in [-0.15, -0.1) is 11.3 Å². The maximum Gasteiger partial charge on any atom is 0.417 e. The van der Waals surface area contributed by atoms with Crippen LogP contribution >= 0.6 is 22.9 Å². The SMILES string of the molecule is C[C@@H](NC(=O)c1cc(-c2cccnc2)ncn1)c1ncc(C(=O)Nc2ccc(Cl)c(C(F)(F)F)c2)s1. The highest BCUT2D eigenvalue weighted by Gasteiger charge is 2.33. The quantitative estimate of drug-likeness (QED) is 0.343. The van der Waals surface area contributed by atoms with Crippen LogP contribution in [0.4, 0.5) is 18.9 Å². The van der Waals surface area contributed by atoms with E-state index >= 15 is 0 Å². The smallest absolute Gasteiger partial charge is 0.342 e. The molecule has 184 valence electrons. The molecule has 0 saturated heterocycles. The lowest BCUT2D eigenvalue weighted by Gasteiger charge is -2.12. The molecule has 2 amide bonds. The molecule has 0 saturated carbocycles. The van der Waals surface area contributed by atoms with E-state index in [1.165, 1.54) is 24.7 Å². The molecule has 1 aromatic carbocycles. The number of alkyl halides is 3. The summed E-state index contributed by atoms with van der Waals surface area (Å²) >= 11 is 6.60. The standard InChI is InChI=1S/C23H16ClF3N6O2S/c1-12(32-20(34)18-8-17(30-11-31-18)13-3-2-6-28-9-13)22-29-10-19(36-22)21(35)33-14-4-5-16(24)15(7-14)23(25,26)27/h2-12H,1H3,(H,32,34)(H,33,35)/t12-/m1/s1. The Morgan fingerprint density at radius 1 is 1.06 bits per heavy atom. The summed E-state index contributed by atoms with van der Waals surface area (Å²) in [4.78, 5) is 41.8. The van der Waals surface area contributed by atoms with Crippen molar-refractivity contribution >= 4 is 40.4 Å². The van der Waals surface area contributed by atoms with E-state index in [1.54, 1.807) is 31.5 Å². The molecule has 1 atom stereocenters. The summed E-state index contributed by atoms with van der Waals surface area (Å²) in [5.74, 6) is -1.12. The number of halogens is 4. The maximum absolute atomic E-state index is 13.1. The van der Waals surface area contributed by atoms with Crippen LogP contribution in [0.15, 0.2) is 61.3 Å². The first-order valence-corrected chi connectivity index (χ1v) is 11.5. The van der Waals surface area contributed by atoms with Gasteiger partial charge in [0, 0.05) is 23.6 Å². The summed E-state index contributed by atoms with van der Waals surface area (Å²) in [6, 6.07) is 7.58. The number of nitrogens with zero attached hydrogens (tertiary/aromatic N) is 4. The van der Waals surface area contributed by atoms with Gasteiger partial charge in [-0.3, -0.25) is 14.6 Å². The Bertz CT molecular complexity index is 1410. The van der Waals surface area contributed by atoms with E-state index < -0.39 is 34.6 Å². The number of amides is 2. The zero-order valence-corrected chi connectivity index (χ0v) is 19.9. The Labute approximate surface area is 211 Å². The summed E-state index contributed by atoms with van der Waals surface area (Å²) in [6.07, 6.45) is 1.13. The number of benzene rings is 1. The second-order valence-electron chi connectivity index (χ2n) is 7.43. The minimum Gasteiger partial charge on any atom is -0.342 e. The first-order chi connectivity index (χ1) is 17.1. The summed E-state index contributed by atoms with van der Waals surface area (Å²) in [6.45, 7) is 1.68. The van der Waals surface area contributed by atoms with Crippen LogP contribution in [0, 0.1) is 0 Å². The maximum atomic E-state index is 13.1. The molecule has 3 heterocycles. The summed E-state index contributed by atoms with van der Waals surface area (Å²) < 4.78 is 39.2. The Morgan fingerprint density at radius 2 is 1.86 bits per heavy atom. The summed E-state index contributed by atoms with van der Waals surface area (Å²) in [5.41, 5.74) is 0.259. The zero-order chi connectivity index (χ0) is 25.9. The number of hydrogen-bond donors (Lipinski definition) is 2. The molecule has 0 fully saturated rings. The number of carbonyl (C=O) groups is 2. The van der Waals surface area contributed by atoms with E-state index in [0.29, 0.717) is 10.7 Å². The summed E-state index contributed by atoms with van der Waals surface area (Å²) in [5, 5.41) is 5.10. The van der Waals surface area contributed by atoms with Gasteiger partial charge in [-0.1, -0.05) is 11.6 Å². The first-order valence-electron chi connectivity index (χ1n) is 10.3. The highest BCUT2D eigenvalue weighted by Crippen LogP contribution is 2.36. The Kier molecular flexibility index (Phi) is 7.27. The monoisotopic (exact) mass is 532 g/mol. The third-order valence-corrected chi connectivity index (χ3v) is 6.36. The van der Waals surface area contributed by atoms with Gasteiger partial charge in [0.1, 0.15) is 21.9 Å². The lowest BCUT2D eigenvalue weighted by atomic mass is 10.2. The number of nitrogens with one attached hydrogen (secondary N) is 2. The first kappa shape index (κ1) is 25.2. The fourth-order valence-electron chi connectivity index (χ4n) is 3.09. The average Bonchev–Trinajstić information content (AvgIpc) is 3.36. The molecule has 0 aliphatic heterocycles. The molecule has 13 heteroatoms. The van der Waals surface area contributed by atoms with Crippen molar-refractivity contribution in [3.05, 3.63) is 87.5 Å². The van der Waals surface area contributed by atoms with Crippen LogP contribution in [0.1, 0.15) is 43.7 Å². The third kappa shape index (κ3) is 5.83. The third-order valence-electron chi connectivity index (χ3n) is 4.85. The van der Waals surface area contributed by atoms with Crippen molar-refractivity contribution in [2.45, 2.75) is 19.1 Å². The number of aromatic nitrogens is 4. The summed E-state index contributed by atoms with van der Waals surface area (Å²) in [7, 11) is 0. The molecule has 0 spiro atoms. The molecule has 2 N–H and O–H groups in total. The molecule has 0 radical (unpaired) electrons. The van der Waals surface area contributed by atoms with E-state index in [0.717, 1.165) is 29.0 Å². The van der Waals surface area contributed by atoms with E-state index in [-0.39, 0.29) is 16.3 Å². The van der Waals surface area contributed by atoms with Gasteiger partial charge in [0.05, 0.1) is 28.5 Å². The number of carbonyl (C=O) groups excluding carboxylic acids is 2. The molecule has 0 aliphatic rings. The highest BCUT2D eigenvalue weighted by atomic mass is 35.5. The van der Waals surface area contributed by atoms with E-state index in [1.807, 2.05) is 0 Å². The Morgan fingerprint density at radius 3 is 2.58 bits per heavy atom. The van der Waals surface area contributed by atoms with Crippen molar-refractivity contribution < 1.29 is 22.8 Å². The largest absolute Gasteiger partial charge is 0.417 e. The predicted octanol–water partition coefficient (Wildman–Crippen LogP) is 5.41. The molecule has 4 rings (SSSR count). The number of anilines is 1. The fourth-order valence-corrected chi connectivity index (χ4v) is 4.13. The topological polar surface area (TPSA) is 110 Å². The number of thiazole rings is 1. The van der Waals surface area contributed by atoms with Crippen molar-refractivity contribution in [3.63, 3.8) is 0 Å². The normalized spacial score (nSPS) is 12.1. The molecular formula is C23H16ClF3N6O2S. The van der Waals surface area contributed by atoms with Gasteiger partial charge in [0.15, 0.2) is 0 Å². The minimum absolute atomic E-state index is 0.0683. The van der Waals surface area contributed by atoms with Gasteiger partial charge in [-0.25, -0.2) is 15.0 Å². The lowest BCUT2D eigenvalue weighted by Crippen LogP contribution is -2.27. The number of pyridine rings is 1. The highest BCUT2D eigenvalue weighted by molar-refractivity contribution is 7.13. The van der Waals surface area contributed by atoms with Gasteiger partial charge < -0.3 is 10.6 Å². The second kappa shape index (κ2) is 10.4. The van der Waals surface area contributed by atoms with Crippen LogP contribution in [0.3, 0.4) is 0 Å². The molecule has 36 heavy (non-hydrogen) atoms. The molecule has 3 aromatic heterocycles. The molecule has 0 unspecified atom stereocenters. The van der Waals surface area contributed by atoms with E-state index in [2.05, 4.69) is 30.6 Å². The second-order valence-corrected chi connectivity index (χ2v) is 8.90. The number of hydrogen-bond acceptors (Lipinski definition) is 7. The van der Waals surface area contributed by atoms with Crippen molar-refractivity contribution in [2.75, 3.05) is 5.32 Å². The molecule has 0 bridgehead atoms. The van der Waals surface area contributed by atoms with Crippen LogP contribution < -0.4 is 10.6 Å². The minimum atomic E-state index is -4.66. The Hall–Kier alpha value is -3.90. The Balaban J connectivity index is 1.43. The number of rotatable bonds is 6. The van der Waals surface area contributed by atoms with Crippen LogP contribution in [0.5, 0.6) is 0 Å². The van der Waals surface area contributed by atoms with Crippen molar-refractivity contribution in [1.29, 1.82) is 0 Å². The molecule has 4 aromatic rings. The molecule has 8 nitrogen and oxygen atoms in total. The average molecular weight is 533 g/mol. The van der Waals surface area contributed by atoms with Crippen molar-refractivity contribution in [2.24, 2.45) is 0 Å². The van der Waals surface area contributed by atoms with Crippen molar-refractivity contribution in [1.82, 2.24) is 25.3 Å². The van der Waals surface area contributed by atoms with Gasteiger partial charge in [0.2, 0.25) is 0 Å². The van der Waals surface area contributed by atoms with Crippen LogP contribution in [-0.2, 0) is 6.18 Å². The van der Waals surface area contributed by atoms with Gasteiger partial charge in [-0.2, -0.15) is 13.2 Å². The molecular weight excluding hydrogens is 517 g/mol. The predicted molar refractivity (Wildman–Crippen MR) is 128 cm³/mol. The van der Waals surface area contributed by atoms with Gasteiger partial charge in [0.25, 0.3) is 11.8 Å². The van der Waals surface area contributed by atoms with Crippen LogP contribution in [0.2, 0.25) is 5.02 Å². The van der Waals surface area contributed by atoms with E-state index in [9.17, 15) is 22.8 Å². The van der Waals surface area contributed by atoms with Gasteiger partial charge in [-0.05, 0) is 43.3 Å². The zero-order valence-electron chi connectivity index (χ0n) is 18.4. The lowest BCUT2D eigenvalue weighted by molar-refractivity contribution is -0.137. The fraction of sp³-hybridized carbons (Fsp3) is 0.130.